The van der Waals surface area contributed by atoms with Crippen LogP contribution in [0.15, 0.2) is 72.9 Å². The predicted octanol–water partition coefficient (Wildman–Crippen LogP) is 4.75. The molecule has 0 N–H and O–H groups in total. The molecular formula is C27H28N4O2. The van der Waals surface area contributed by atoms with Gasteiger partial charge in [0.15, 0.2) is 11.4 Å². The number of fused-ring (bicyclic) bond motifs is 1. The topological polar surface area (TPSA) is 59.7 Å². The molecule has 5 rings (SSSR count). The number of nitrogens with zero attached hydrogens (tertiary/aromatic N) is 4. The highest BCUT2D eigenvalue weighted by molar-refractivity contribution is 6.01. The molecule has 0 saturated carbocycles. The molecule has 0 atom stereocenters. The molecule has 33 heavy (non-hydrogen) atoms. The van der Waals surface area contributed by atoms with Gasteiger partial charge in [-0.3, -0.25) is 9.69 Å². The van der Waals surface area contributed by atoms with Crippen molar-refractivity contribution in [2.45, 2.75) is 19.3 Å². The summed E-state index contributed by atoms with van der Waals surface area (Å²) < 4.78 is 7.20. The van der Waals surface area contributed by atoms with Gasteiger partial charge in [0.1, 0.15) is 0 Å². The van der Waals surface area contributed by atoms with Crippen molar-refractivity contribution < 1.29 is 9.53 Å². The summed E-state index contributed by atoms with van der Waals surface area (Å²) in [5.41, 5.74) is 5.02. The summed E-state index contributed by atoms with van der Waals surface area (Å²) in [6.07, 6.45) is 4.04. The van der Waals surface area contributed by atoms with E-state index in [1.807, 2.05) is 54.6 Å². The number of ketones is 1. The zero-order chi connectivity index (χ0) is 22.5. The van der Waals surface area contributed by atoms with E-state index in [9.17, 15) is 4.79 Å². The molecule has 0 unspecified atom stereocenters. The van der Waals surface area contributed by atoms with Gasteiger partial charge in [-0.1, -0.05) is 60.7 Å². The second kappa shape index (κ2) is 10.1. The third-order valence-corrected chi connectivity index (χ3v) is 6.14. The van der Waals surface area contributed by atoms with E-state index in [1.54, 1.807) is 10.7 Å². The Labute approximate surface area is 193 Å². The van der Waals surface area contributed by atoms with E-state index in [2.05, 4.69) is 22.1 Å². The fourth-order valence-corrected chi connectivity index (χ4v) is 4.31. The molecule has 1 aliphatic heterocycles. The highest BCUT2D eigenvalue weighted by Crippen LogP contribution is 2.27. The molecule has 0 spiro atoms. The van der Waals surface area contributed by atoms with Crippen molar-refractivity contribution in [2.24, 2.45) is 0 Å². The first-order chi connectivity index (χ1) is 16.3. The Morgan fingerprint density at radius 3 is 2.33 bits per heavy atom. The molecule has 4 aromatic rings. The Bertz CT molecular complexity index is 1220. The first kappa shape index (κ1) is 21.5. The van der Waals surface area contributed by atoms with Crippen LogP contribution in [0.1, 0.15) is 29.6 Å². The summed E-state index contributed by atoms with van der Waals surface area (Å²) in [4.78, 5) is 20.4. The first-order valence-electron chi connectivity index (χ1n) is 11.6. The average Bonchev–Trinajstić information content (AvgIpc) is 3.32. The van der Waals surface area contributed by atoms with Crippen molar-refractivity contribution in [2.75, 3.05) is 32.8 Å². The highest BCUT2D eigenvalue weighted by Gasteiger charge is 2.18. The molecule has 6 nitrogen and oxygen atoms in total. The number of carbonyl (C=O) groups excluding carboxylic acids is 1. The second-order valence-corrected chi connectivity index (χ2v) is 8.39. The average molecular weight is 441 g/mol. The van der Waals surface area contributed by atoms with Crippen LogP contribution in [-0.2, 0) is 4.74 Å². The van der Waals surface area contributed by atoms with E-state index in [0.717, 1.165) is 68.2 Å². The molecule has 0 aliphatic carbocycles. The number of hydrogen-bond donors (Lipinski definition) is 0. The van der Waals surface area contributed by atoms with Crippen LogP contribution in [0.3, 0.4) is 0 Å². The van der Waals surface area contributed by atoms with Gasteiger partial charge >= 0.3 is 0 Å². The molecule has 0 radical (unpaired) electrons. The zero-order valence-corrected chi connectivity index (χ0v) is 18.7. The SMILES string of the molecule is O=C(CCCCN1CCOCC1)c1cnn2c(-c3ccccc3)cc(-c3ccccc3)nc12. The van der Waals surface area contributed by atoms with Crippen molar-refractivity contribution in [1.29, 1.82) is 0 Å². The number of morpholine rings is 1. The second-order valence-electron chi connectivity index (χ2n) is 8.39. The van der Waals surface area contributed by atoms with Crippen LogP contribution in [0.2, 0.25) is 0 Å². The number of unbranched alkanes of at least 4 members (excludes halogenated alkanes) is 1. The van der Waals surface area contributed by atoms with Gasteiger partial charge in [0, 0.05) is 30.6 Å². The van der Waals surface area contributed by atoms with E-state index in [1.165, 1.54) is 0 Å². The number of benzene rings is 2. The Morgan fingerprint density at radius 2 is 1.61 bits per heavy atom. The molecule has 3 heterocycles. The number of hydrogen-bond acceptors (Lipinski definition) is 5. The van der Waals surface area contributed by atoms with Crippen LogP contribution >= 0.6 is 0 Å². The molecule has 1 saturated heterocycles. The monoisotopic (exact) mass is 440 g/mol. The van der Waals surface area contributed by atoms with E-state index < -0.39 is 0 Å². The third-order valence-electron chi connectivity index (χ3n) is 6.14. The number of aromatic nitrogens is 3. The van der Waals surface area contributed by atoms with Crippen molar-refractivity contribution in [3.8, 4) is 22.5 Å². The number of Topliss-reactive ketones (excluding diaryl/α,β-unsaturated/α-hetero) is 1. The van der Waals surface area contributed by atoms with E-state index in [4.69, 9.17) is 9.72 Å². The summed E-state index contributed by atoms with van der Waals surface area (Å²) in [5.74, 6) is 0.101. The van der Waals surface area contributed by atoms with Gasteiger partial charge in [-0.05, 0) is 25.5 Å². The minimum atomic E-state index is 0.101. The Hall–Kier alpha value is -3.35. The van der Waals surface area contributed by atoms with Crippen molar-refractivity contribution in [1.82, 2.24) is 19.5 Å². The maximum atomic E-state index is 13.1. The Balaban J connectivity index is 1.41. The lowest BCUT2D eigenvalue weighted by atomic mass is 10.1. The Kier molecular flexibility index (Phi) is 6.56. The van der Waals surface area contributed by atoms with Crippen molar-refractivity contribution in [3.63, 3.8) is 0 Å². The molecule has 6 heteroatoms. The van der Waals surface area contributed by atoms with E-state index in [0.29, 0.717) is 17.6 Å². The minimum absolute atomic E-state index is 0.101. The molecular weight excluding hydrogens is 412 g/mol. The van der Waals surface area contributed by atoms with Crippen molar-refractivity contribution in [3.05, 3.63) is 78.5 Å². The normalized spacial score (nSPS) is 14.5. The van der Waals surface area contributed by atoms with Crippen LogP contribution in [0.4, 0.5) is 0 Å². The molecule has 0 amide bonds. The largest absolute Gasteiger partial charge is 0.379 e. The lowest BCUT2D eigenvalue weighted by Gasteiger charge is -2.26. The standard InChI is InChI=1S/C27H28N4O2/c32-26(13-7-8-14-30-15-17-33-18-16-30)23-20-28-31-25(22-11-5-2-6-12-22)19-24(29-27(23)31)21-9-3-1-4-10-21/h1-6,9-12,19-20H,7-8,13-18H2. The number of carbonyl (C=O) groups is 1. The number of ether oxygens (including phenoxy) is 1. The van der Waals surface area contributed by atoms with E-state index >= 15 is 0 Å². The first-order valence-corrected chi connectivity index (χ1v) is 11.6. The van der Waals surface area contributed by atoms with Crippen LogP contribution in [0.25, 0.3) is 28.2 Å². The fourth-order valence-electron chi connectivity index (χ4n) is 4.31. The van der Waals surface area contributed by atoms with Gasteiger partial charge in [-0.2, -0.15) is 5.10 Å². The highest BCUT2D eigenvalue weighted by atomic mass is 16.5. The van der Waals surface area contributed by atoms with Crippen LogP contribution in [0, 0.1) is 0 Å². The van der Waals surface area contributed by atoms with Gasteiger partial charge < -0.3 is 4.74 Å². The summed E-state index contributed by atoms with van der Waals surface area (Å²) in [7, 11) is 0. The minimum Gasteiger partial charge on any atom is -0.379 e. The quantitative estimate of drug-likeness (QED) is 0.292. The van der Waals surface area contributed by atoms with Gasteiger partial charge in [-0.25, -0.2) is 9.50 Å². The smallest absolute Gasteiger partial charge is 0.168 e. The lowest BCUT2D eigenvalue weighted by Crippen LogP contribution is -2.36. The third kappa shape index (κ3) is 4.87. The molecule has 2 aromatic carbocycles. The summed E-state index contributed by atoms with van der Waals surface area (Å²) in [6, 6.07) is 22.2. The summed E-state index contributed by atoms with van der Waals surface area (Å²) in [5, 5.41) is 4.56. The van der Waals surface area contributed by atoms with Gasteiger partial charge in [0.05, 0.1) is 36.4 Å². The predicted molar refractivity (Wildman–Crippen MR) is 129 cm³/mol. The summed E-state index contributed by atoms with van der Waals surface area (Å²) >= 11 is 0. The molecule has 1 aliphatic rings. The van der Waals surface area contributed by atoms with Crippen LogP contribution in [0.5, 0.6) is 0 Å². The Morgan fingerprint density at radius 1 is 0.909 bits per heavy atom. The van der Waals surface area contributed by atoms with Crippen LogP contribution < -0.4 is 0 Å². The molecule has 0 bridgehead atoms. The number of rotatable bonds is 8. The maximum absolute atomic E-state index is 13.1. The lowest BCUT2D eigenvalue weighted by molar-refractivity contribution is 0.0371. The molecule has 1 fully saturated rings. The maximum Gasteiger partial charge on any atom is 0.168 e. The van der Waals surface area contributed by atoms with Gasteiger partial charge in [0.25, 0.3) is 0 Å². The van der Waals surface area contributed by atoms with E-state index in [-0.39, 0.29) is 5.78 Å². The van der Waals surface area contributed by atoms with Crippen molar-refractivity contribution >= 4 is 11.4 Å². The van der Waals surface area contributed by atoms with Gasteiger partial charge in [0.2, 0.25) is 0 Å². The van der Waals surface area contributed by atoms with Crippen LogP contribution in [-0.4, -0.2) is 58.1 Å². The van der Waals surface area contributed by atoms with Gasteiger partial charge in [-0.15, -0.1) is 0 Å². The zero-order valence-electron chi connectivity index (χ0n) is 18.7. The molecule has 2 aromatic heterocycles. The molecule has 168 valence electrons. The fraction of sp³-hybridized carbons (Fsp3) is 0.296. The summed E-state index contributed by atoms with van der Waals surface area (Å²) in [6.45, 7) is 4.59.